The van der Waals surface area contributed by atoms with Gasteiger partial charge >= 0.3 is 0 Å². The molecule has 2 atom stereocenters. The van der Waals surface area contributed by atoms with Gasteiger partial charge in [0.15, 0.2) is 0 Å². The van der Waals surface area contributed by atoms with Crippen LogP contribution in [0.25, 0.3) is 0 Å². The second-order valence-electron chi connectivity index (χ2n) is 5.41. The van der Waals surface area contributed by atoms with E-state index in [1.54, 1.807) is 12.1 Å². The van der Waals surface area contributed by atoms with E-state index in [1.807, 2.05) is 0 Å². The highest BCUT2D eigenvalue weighted by molar-refractivity contribution is 5.97. The lowest BCUT2D eigenvalue weighted by atomic mass is 9.98. The standard InChI is InChI=1S/C15H22N2O3/c1-10-8-11(6-7-17(10)2)16-15(19)13-9-12(20-3)4-5-14(13)18/h4-5,9-11,18H,6-8H2,1-3H3,(H,16,19). The normalized spacial score (nSPS) is 23.4. The Labute approximate surface area is 119 Å². The van der Waals surface area contributed by atoms with E-state index in [0.29, 0.717) is 11.8 Å². The second kappa shape index (κ2) is 6.13. The topological polar surface area (TPSA) is 61.8 Å². The van der Waals surface area contributed by atoms with Gasteiger partial charge in [0.2, 0.25) is 0 Å². The van der Waals surface area contributed by atoms with Gasteiger partial charge in [-0.25, -0.2) is 0 Å². The molecular formula is C15H22N2O3. The smallest absolute Gasteiger partial charge is 0.255 e. The number of aromatic hydroxyl groups is 1. The van der Waals surface area contributed by atoms with Gasteiger partial charge in [-0.1, -0.05) is 0 Å². The molecule has 20 heavy (non-hydrogen) atoms. The minimum absolute atomic E-state index is 0.0238. The number of phenolic OH excluding ortho intramolecular Hbond substituents is 1. The lowest BCUT2D eigenvalue weighted by molar-refractivity contribution is 0.0893. The molecule has 1 aromatic carbocycles. The van der Waals surface area contributed by atoms with Crippen molar-refractivity contribution in [2.75, 3.05) is 20.7 Å². The number of carbonyl (C=O) groups is 1. The number of methoxy groups -OCH3 is 1. The molecule has 0 spiro atoms. The van der Waals surface area contributed by atoms with Crippen molar-refractivity contribution in [3.05, 3.63) is 23.8 Å². The molecule has 0 bridgehead atoms. The highest BCUT2D eigenvalue weighted by atomic mass is 16.5. The van der Waals surface area contributed by atoms with E-state index >= 15 is 0 Å². The minimum Gasteiger partial charge on any atom is -0.507 e. The zero-order valence-electron chi connectivity index (χ0n) is 12.2. The van der Waals surface area contributed by atoms with Crippen LogP contribution < -0.4 is 10.1 Å². The van der Waals surface area contributed by atoms with Crippen LogP contribution in [0.3, 0.4) is 0 Å². The molecule has 1 aliphatic heterocycles. The van der Waals surface area contributed by atoms with E-state index in [1.165, 1.54) is 13.2 Å². The molecule has 1 aliphatic rings. The van der Waals surface area contributed by atoms with Crippen molar-refractivity contribution in [3.8, 4) is 11.5 Å². The highest BCUT2D eigenvalue weighted by Gasteiger charge is 2.25. The summed E-state index contributed by atoms with van der Waals surface area (Å²) >= 11 is 0. The molecule has 2 rings (SSSR count). The van der Waals surface area contributed by atoms with Gasteiger partial charge in [-0.15, -0.1) is 0 Å². The van der Waals surface area contributed by atoms with E-state index in [4.69, 9.17) is 4.74 Å². The third-order valence-corrected chi connectivity index (χ3v) is 3.99. The van der Waals surface area contributed by atoms with Crippen molar-refractivity contribution in [3.63, 3.8) is 0 Å². The maximum absolute atomic E-state index is 12.2. The van der Waals surface area contributed by atoms with Gasteiger partial charge in [0, 0.05) is 18.6 Å². The predicted octanol–water partition coefficient (Wildman–Crippen LogP) is 1.61. The number of carbonyl (C=O) groups excluding carboxylic acids is 1. The number of amides is 1. The van der Waals surface area contributed by atoms with Crippen molar-refractivity contribution in [1.82, 2.24) is 10.2 Å². The zero-order chi connectivity index (χ0) is 14.7. The summed E-state index contributed by atoms with van der Waals surface area (Å²) in [7, 11) is 3.63. The fraction of sp³-hybridized carbons (Fsp3) is 0.533. The molecule has 1 saturated heterocycles. The number of piperidine rings is 1. The van der Waals surface area contributed by atoms with Crippen LogP contribution >= 0.6 is 0 Å². The first kappa shape index (κ1) is 14.7. The monoisotopic (exact) mass is 278 g/mol. The number of rotatable bonds is 3. The van der Waals surface area contributed by atoms with Crippen LogP contribution in [0.2, 0.25) is 0 Å². The number of nitrogens with zero attached hydrogens (tertiary/aromatic N) is 1. The van der Waals surface area contributed by atoms with E-state index in [2.05, 4.69) is 24.2 Å². The molecule has 1 amide bonds. The Kier molecular flexibility index (Phi) is 4.49. The summed E-state index contributed by atoms with van der Waals surface area (Å²) in [6.07, 6.45) is 1.85. The zero-order valence-corrected chi connectivity index (χ0v) is 12.2. The van der Waals surface area contributed by atoms with Crippen molar-refractivity contribution >= 4 is 5.91 Å². The second-order valence-corrected chi connectivity index (χ2v) is 5.41. The van der Waals surface area contributed by atoms with E-state index < -0.39 is 0 Å². The molecule has 1 fully saturated rings. The van der Waals surface area contributed by atoms with Gasteiger partial charge in [0.1, 0.15) is 11.5 Å². The highest BCUT2D eigenvalue weighted by Crippen LogP contribution is 2.23. The first-order valence-electron chi connectivity index (χ1n) is 6.89. The summed E-state index contributed by atoms with van der Waals surface area (Å²) in [6.45, 7) is 3.12. The number of benzene rings is 1. The van der Waals surface area contributed by atoms with E-state index in [-0.39, 0.29) is 23.3 Å². The van der Waals surface area contributed by atoms with Gasteiger partial charge < -0.3 is 20.1 Å². The first-order chi connectivity index (χ1) is 9.51. The van der Waals surface area contributed by atoms with Gasteiger partial charge in [0.05, 0.1) is 12.7 Å². The van der Waals surface area contributed by atoms with Crippen LogP contribution in [0.15, 0.2) is 18.2 Å². The molecule has 0 radical (unpaired) electrons. The van der Waals surface area contributed by atoms with Gasteiger partial charge in [0.25, 0.3) is 5.91 Å². The van der Waals surface area contributed by atoms with Crippen LogP contribution in [0.1, 0.15) is 30.1 Å². The van der Waals surface area contributed by atoms with Crippen LogP contribution in [0.4, 0.5) is 0 Å². The summed E-state index contributed by atoms with van der Waals surface area (Å²) in [5.41, 5.74) is 0.260. The molecule has 0 saturated carbocycles. The fourth-order valence-electron chi connectivity index (χ4n) is 2.51. The molecular weight excluding hydrogens is 256 g/mol. The van der Waals surface area contributed by atoms with E-state index in [0.717, 1.165) is 19.4 Å². The van der Waals surface area contributed by atoms with Crippen molar-refractivity contribution in [2.45, 2.75) is 31.8 Å². The molecule has 2 unspecified atom stereocenters. The van der Waals surface area contributed by atoms with Crippen molar-refractivity contribution in [2.24, 2.45) is 0 Å². The SMILES string of the molecule is COc1ccc(O)c(C(=O)NC2CCN(C)C(C)C2)c1. The summed E-state index contributed by atoms with van der Waals surface area (Å²) < 4.78 is 5.08. The third kappa shape index (κ3) is 3.22. The van der Waals surface area contributed by atoms with Crippen LogP contribution in [0, 0.1) is 0 Å². The maximum Gasteiger partial charge on any atom is 0.255 e. The number of likely N-dealkylation sites (tertiary alicyclic amines) is 1. The molecule has 1 aromatic rings. The third-order valence-electron chi connectivity index (χ3n) is 3.99. The lowest BCUT2D eigenvalue weighted by Crippen LogP contribution is -2.47. The number of phenols is 1. The van der Waals surface area contributed by atoms with Gasteiger partial charge in [-0.2, -0.15) is 0 Å². The molecule has 1 heterocycles. The number of hydrogen-bond acceptors (Lipinski definition) is 4. The quantitative estimate of drug-likeness (QED) is 0.882. The fourth-order valence-corrected chi connectivity index (χ4v) is 2.51. The molecule has 0 aliphatic carbocycles. The molecule has 0 aromatic heterocycles. The Morgan fingerprint density at radius 1 is 1.50 bits per heavy atom. The average Bonchev–Trinajstić information content (AvgIpc) is 2.43. The molecule has 110 valence electrons. The largest absolute Gasteiger partial charge is 0.507 e. The Bertz CT molecular complexity index is 490. The summed E-state index contributed by atoms with van der Waals surface area (Å²) in [4.78, 5) is 14.5. The Hall–Kier alpha value is -1.75. The van der Waals surface area contributed by atoms with Crippen molar-refractivity contribution in [1.29, 1.82) is 0 Å². The summed E-state index contributed by atoms with van der Waals surface area (Å²) in [6, 6.07) is 5.27. The predicted molar refractivity (Wildman–Crippen MR) is 77.2 cm³/mol. The number of ether oxygens (including phenoxy) is 1. The lowest BCUT2D eigenvalue weighted by Gasteiger charge is -2.35. The molecule has 5 heteroatoms. The minimum atomic E-state index is -0.247. The summed E-state index contributed by atoms with van der Waals surface area (Å²) in [5, 5.41) is 12.8. The van der Waals surface area contributed by atoms with Gasteiger partial charge in [-0.05, 0) is 45.0 Å². The maximum atomic E-state index is 12.2. The van der Waals surface area contributed by atoms with E-state index in [9.17, 15) is 9.90 Å². The average molecular weight is 278 g/mol. The van der Waals surface area contributed by atoms with Gasteiger partial charge in [-0.3, -0.25) is 4.79 Å². The van der Waals surface area contributed by atoms with Crippen molar-refractivity contribution < 1.29 is 14.6 Å². The first-order valence-corrected chi connectivity index (χ1v) is 6.89. The Morgan fingerprint density at radius 2 is 2.25 bits per heavy atom. The number of nitrogens with one attached hydrogen (secondary N) is 1. The molecule has 2 N–H and O–H groups in total. The van der Waals surface area contributed by atoms with Crippen LogP contribution in [-0.2, 0) is 0 Å². The Morgan fingerprint density at radius 3 is 2.90 bits per heavy atom. The Balaban J connectivity index is 2.05. The molecule has 5 nitrogen and oxygen atoms in total. The number of hydrogen-bond donors (Lipinski definition) is 2. The summed E-state index contributed by atoms with van der Waals surface area (Å²) in [5.74, 6) is 0.289. The van der Waals surface area contributed by atoms with Crippen LogP contribution in [0.5, 0.6) is 11.5 Å². The van der Waals surface area contributed by atoms with Crippen LogP contribution in [-0.4, -0.2) is 48.7 Å².